The molecule has 0 aromatic heterocycles. The summed E-state index contributed by atoms with van der Waals surface area (Å²) in [4.78, 5) is 37.1. The van der Waals surface area contributed by atoms with E-state index in [2.05, 4.69) is 5.32 Å². The van der Waals surface area contributed by atoms with Gasteiger partial charge >= 0.3 is 11.9 Å². The second-order valence-electron chi connectivity index (χ2n) is 7.97. The predicted octanol–water partition coefficient (Wildman–Crippen LogP) is 3.72. The number of carbonyl (C=O) groups excluding carboxylic acids is 2. The van der Waals surface area contributed by atoms with Crippen LogP contribution in [-0.4, -0.2) is 63.2 Å². The number of ether oxygens (including phenoxy) is 4. The van der Waals surface area contributed by atoms with Crippen molar-refractivity contribution < 1.29 is 37.9 Å². The highest BCUT2D eigenvalue weighted by Gasteiger charge is 2.39. The third-order valence-electron chi connectivity index (χ3n) is 5.25. The third-order valence-corrected chi connectivity index (χ3v) is 5.25. The monoisotopic (exact) mass is 508 g/mol. The first-order valence-corrected chi connectivity index (χ1v) is 11.9. The number of rotatable bonds is 15. The molecule has 0 saturated heterocycles. The first-order chi connectivity index (χ1) is 17.3. The molecule has 0 saturated carbocycles. The van der Waals surface area contributed by atoms with E-state index in [4.69, 9.17) is 18.9 Å². The van der Waals surface area contributed by atoms with Gasteiger partial charge in [-0.25, -0.2) is 14.0 Å². The van der Waals surface area contributed by atoms with Crippen molar-refractivity contribution in [2.45, 2.75) is 39.5 Å². The first kappa shape index (κ1) is 28.9. The lowest BCUT2D eigenvalue weighted by Gasteiger charge is -2.30. The minimum Gasteiger partial charge on any atom is -0.460 e. The number of nitro benzene ring substituents is 1. The van der Waals surface area contributed by atoms with E-state index < -0.39 is 29.5 Å². The lowest BCUT2D eigenvalue weighted by atomic mass is 9.80. The number of hydrogen-bond donors (Lipinski definition) is 1. The zero-order valence-electron chi connectivity index (χ0n) is 20.8. The number of non-ortho nitro benzene ring substituents is 1. The molecule has 1 unspecified atom stereocenters. The van der Waals surface area contributed by atoms with Crippen molar-refractivity contribution in [2.24, 2.45) is 0 Å². The van der Waals surface area contributed by atoms with Crippen LogP contribution in [0, 0.1) is 10.1 Å². The maximum atomic E-state index is 14.1. The molecule has 1 N–H and O–H groups in total. The van der Waals surface area contributed by atoms with E-state index in [1.54, 1.807) is 6.92 Å². The highest BCUT2D eigenvalue weighted by Crippen LogP contribution is 2.40. The number of esters is 2. The number of hydrogen-bond acceptors (Lipinski definition) is 9. The molecule has 0 amide bonds. The van der Waals surface area contributed by atoms with E-state index in [-0.39, 0.29) is 60.2 Å². The summed E-state index contributed by atoms with van der Waals surface area (Å²) in [5.41, 5.74) is 0.0460. The van der Waals surface area contributed by atoms with Crippen molar-refractivity contribution in [3.8, 4) is 0 Å². The van der Waals surface area contributed by atoms with Crippen LogP contribution in [0.4, 0.5) is 10.1 Å². The molecule has 0 spiro atoms. The molecule has 11 heteroatoms. The maximum absolute atomic E-state index is 14.1. The fourth-order valence-corrected chi connectivity index (χ4v) is 3.70. The standard InChI is InChI=1S/C25H33FN2O8/c1-4-9-33-11-13-35-24(29)21-17(3)27-20(16-26)23(25(30)36-14-12-34-10-5-2)22(21)18-7-6-8-19(15-18)28(31)32/h6-8,15,22,27H,4-5,9-14,16H2,1-3H3. The molecule has 1 heterocycles. The Hall–Kier alpha value is -3.31. The van der Waals surface area contributed by atoms with Crippen LogP contribution in [0.1, 0.15) is 45.1 Å². The van der Waals surface area contributed by atoms with Gasteiger partial charge in [-0.05, 0) is 25.3 Å². The normalized spacial score (nSPS) is 15.5. The second kappa shape index (κ2) is 14.9. The van der Waals surface area contributed by atoms with Gasteiger partial charge in [-0.15, -0.1) is 0 Å². The summed E-state index contributed by atoms with van der Waals surface area (Å²) in [6.07, 6.45) is 1.60. The van der Waals surface area contributed by atoms with Crippen molar-refractivity contribution in [2.75, 3.05) is 46.3 Å². The van der Waals surface area contributed by atoms with Gasteiger partial charge in [-0.2, -0.15) is 0 Å². The summed E-state index contributed by atoms with van der Waals surface area (Å²) >= 11 is 0. The molecule has 10 nitrogen and oxygen atoms in total. The smallest absolute Gasteiger partial charge is 0.336 e. The van der Waals surface area contributed by atoms with Crippen molar-refractivity contribution in [1.29, 1.82) is 0 Å². The summed E-state index contributed by atoms with van der Waals surface area (Å²) in [6, 6.07) is 5.49. The Kier molecular flexibility index (Phi) is 12.0. The van der Waals surface area contributed by atoms with E-state index in [1.165, 1.54) is 24.3 Å². The fraction of sp³-hybridized carbons (Fsp3) is 0.520. The van der Waals surface area contributed by atoms with Crippen LogP contribution in [0.3, 0.4) is 0 Å². The van der Waals surface area contributed by atoms with E-state index in [0.717, 1.165) is 12.8 Å². The van der Waals surface area contributed by atoms with Gasteiger partial charge in [-0.3, -0.25) is 10.1 Å². The number of halogens is 1. The number of nitrogens with zero attached hydrogens (tertiary/aromatic N) is 1. The van der Waals surface area contributed by atoms with Gasteiger partial charge in [0, 0.05) is 31.0 Å². The number of alkyl halides is 1. The van der Waals surface area contributed by atoms with E-state index in [1.807, 2.05) is 13.8 Å². The predicted molar refractivity (Wildman–Crippen MR) is 129 cm³/mol. The molecule has 1 aliphatic heterocycles. The summed E-state index contributed by atoms with van der Waals surface area (Å²) in [7, 11) is 0. The molecule has 36 heavy (non-hydrogen) atoms. The second-order valence-corrected chi connectivity index (χ2v) is 7.97. The molecule has 1 aromatic carbocycles. The van der Waals surface area contributed by atoms with Crippen LogP contribution in [0.15, 0.2) is 46.8 Å². The van der Waals surface area contributed by atoms with Crippen molar-refractivity contribution in [1.82, 2.24) is 5.32 Å². The van der Waals surface area contributed by atoms with Crippen LogP contribution in [0.2, 0.25) is 0 Å². The van der Waals surface area contributed by atoms with Crippen LogP contribution < -0.4 is 5.32 Å². The van der Waals surface area contributed by atoms with Crippen LogP contribution >= 0.6 is 0 Å². The Morgan fingerprint density at radius 2 is 1.56 bits per heavy atom. The molecule has 0 aliphatic carbocycles. The fourth-order valence-electron chi connectivity index (χ4n) is 3.70. The molecule has 198 valence electrons. The van der Waals surface area contributed by atoms with Crippen molar-refractivity contribution in [3.63, 3.8) is 0 Å². The number of dihydropyridines is 1. The lowest BCUT2D eigenvalue weighted by Crippen LogP contribution is -2.34. The SMILES string of the molecule is CCCOCCOC(=O)C1=C(C)NC(CF)=C(C(=O)OCCOCCC)C1c1cccc([N+](=O)[O-])c1. The Balaban J connectivity index is 2.43. The first-order valence-electron chi connectivity index (χ1n) is 11.9. The van der Waals surface area contributed by atoms with Gasteiger partial charge in [0.15, 0.2) is 0 Å². The Labute approximate surface area is 209 Å². The van der Waals surface area contributed by atoms with E-state index >= 15 is 0 Å². The minimum absolute atomic E-state index is 0.0253. The van der Waals surface area contributed by atoms with Gasteiger partial charge in [0.05, 0.1) is 40.9 Å². The molecule has 0 bridgehead atoms. The molecule has 1 atom stereocenters. The van der Waals surface area contributed by atoms with Crippen LogP contribution in [0.5, 0.6) is 0 Å². The minimum atomic E-state index is -1.15. The highest BCUT2D eigenvalue weighted by atomic mass is 19.1. The van der Waals surface area contributed by atoms with E-state index in [0.29, 0.717) is 13.2 Å². The number of nitrogens with one attached hydrogen (secondary N) is 1. The molecular weight excluding hydrogens is 475 g/mol. The highest BCUT2D eigenvalue weighted by molar-refractivity contribution is 6.00. The van der Waals surface area contributed by atoms with Gasteiger partial charge < -0.3 is 24.3 Å². The topological polar surface area (TPSA) is 126 Å². The van der Waals surface area contributed by atoms with Crippen molar-refractivity contribution >= 4 is 17.6 Å². The van der Waals surface area contributed by atoms with Gasteiger partial charge in [-0.1, -0.05) is 26.0 Å². The largest absolute Gasteiger partial charge is 0.460 e. The van der Waals surface area contributed by atoms with Gasteiger partial charge in [0.1, 0.15) is 19.9 Å². The molecule has 0 fully saturated rings. The average Bonchev–Trinajstić information content (AvgIpc) is 2.87. The zero-order chi connectivity index (χ0) is 26.5. The van der Waals surface area contributed by atoms with Gasteiger partial charge in [0.25, 0.3) is 5.69 Å². The molecular formula is C25H33FN2O8. The maximum Gasteiger partial charge on any atom is 0.336 e. The molecule has 0 radical (unpaired) electrons. The summed E-state index contributed by atoms with van der Waals surface area (Å²) in [5, 5.41) is 14.2. The van der Waals surface area contributed by atoms with Gasteiger partial charge in [0.2, 0.25) is 0 Å². The molecule has 1 aromatic rings. The average molecular weight is 509 g/mol. The third kappa shape index (κ3) is 7.85. The Bertz CT molecular complexity index is 992. The summed E-state index contributed by atoms with van der Waals surface area (Å²) in [6.45, 7) is 5.60. The number of nitro groups is 1. The van der Waals surface area contributed by atoms with Crippen LogP contribution in [-0.2, 0) is 28.5 Å². The number of carbonyl (C=O) groups is 2. The van der Waals surface area contributed by atoms with E-state index in [9.17, 15) is 24.1 Å². The summed E-state index contributed by atoms with van der Waals surface area (Å²) < 4.78 is 35.4. The number of allylic oxidation sites excluding steroid dienone is 2. The molecule has 2 rings (SSSR count). The zero-order valence-corrected chi connectivity index (χ0v) is 20.8. The Morgan fingerprint density at radius 1 is 0.972 bits per heavy atom. The number of benzene rings is 1. The summed E-state index contributed by atoms with van der Waals surface area (Å²) in [5.74, 6) is -2.77. The quantitative estimate of drug-likeness (QED) is 0.163. The lowest BCUT2D eigenvalue weighted by molar-refractivity contribution is -0.384. The van der Waals surface area contributed by atoms with Crippen LogP contribution in [0.25, 0.3) is 0 Å². The molecule has 1 aliphatic rings. The Morgan fingerprint density at radius 3 is 2.08 bits per heavy atom. The van der Waals surface area contributed by atoms with Crippen molar-refractivity contribution in [3.05, 3.63) is 62.5 Å².